The van der Waals surface area contributed by atoms with Crippen LogP contribution in [0.1, 0.15) is 20.8 Å². The van der Waals surface area contributed by atoms with Gasteiger partial charge in [-0.3, -0.25) is 0 Å². The Kier molecular flexibility index (Phi) is 6.76. The molecular formula is C15H30O6Si. The fourth-order valence-electron chi connectivity index (χ4n) is 1.86. The molecule has 0 bridgehead atoms. The SMILES string of the molecule is C=CCO[C@H]1OC(CO[Si](C)(C)C(C)(C)C)[C@@H](O)C(O)C1O. The van der Waals surface area contributed by atoms with E-state index in [-0.39, 0.29) is 18.3 Å². The van der Waals surface area contributed by atoms with Crippen molar-refractivity contribution in [2.45, 2.75) is 69.6 Å². The molecule has 0 amide bonds. The standard InChI is InChI=1S/C15H30O6Si/c1-7-8-19-14-13(18)12(17)11(16)10(21-14)9-20-22(5,6)15(2,3)4/h7,10-14,16-18H,1,8-9H2,2-6H3/t10?,11-,12?,13?,14+/m1/s1. The number of aliphatic hydroxyl groups is 3. The third-order valence-electron chi connectivity index (χ3n) is 4.46. The highest BCUT2D eigenvalue weighted by Crippen LogP contribution is 2.37. The first-order valence-electron chi connectivity index (χ1n) is 7.57. The normalized spacial score (nSPS) is 33.7. The molecule has 0 aromatic carbocycles. The van der Waals surface area contributed by atoms with Crippen molar-refractivity contribution in [3.05, 3.63) is 12.7 Å². The van der Waals surface area contributed by atoms with Crippen LogP contribution in [0, 0.1) is 0 Å². The van der Waals surface area contributed by atoms with Crippen LogP contribution in [0.3, 0.4) is 0 Å². The first-order valence-corrected chi connectivity index (χ1v) is 10.5. The first-order chi connectivity index (χ1) is 10.0. The molecule has 1 heterocycles. The van der Waals surface area contributed by atoms with Crippen LogP contribution in [0.25, 0.3) is 0 Å². The fraction of sp³-hybridized carbons (Fsp3) is 0.867. The zero-order chi connectivity index (χ0) is 17.1. The van der Waals surface area contributed by atoms with Gasteiger partial charge < -0.3 is 29.2 Å². The lowest BCUT2D eigenvalue weighted by molar-refractivity contribution is -0.297. The molecule has 1 rings (SSSR count). The predicted octanol–water partition coefficient (Wildman–Crippen LogP) is 1.02. The quantitative estimate of drug-likeness (QED) is 0.496. The van der Waals surface area contributed by atoms with Crippen LogP contribution in [0.4, 0.5) is 0 Å². The van der Waals surface area contributed by atoms with Crippen molar-refractivity contribution in [2.75, 3.05) is 13.2 Å². The molecule has 0 spiro atoms. The average molecular weight is 334 g/mol. The number of aliphatic hydroxyl groups excluding tert-OH is 3. The van der Waals surface area contributed by atoms with Crippen molar-refractivity contribution < 1.29 is 29.2 Å². The van der Waals surface area contributed by atoms with E-state index in [9.17, 15) is 15.3 Å². The molecular weight excluding hydrogens is 304 g/mol. The number of ether oxygens (including phenoxy) is 2. The largest absolute Gasteiger partial charge is 0.414 e. The molecule has 1 saturated heterocycles. The Hall–Kier alpha value is -0.283. The second-order valence-electron chi connectivity index (χ2n) is 7.21. The zero-order valence-corrected chi connectivity index (χ0v) is 15.2. The van der Waals surface area contributed by atoms with Gasteiger partial charge in [0.2, 0.25) is 0 Å². The van der Waals surface area contributed by atoms with Gasteiger partial charge in [-0.15, -0.1) is 6.58 Å². The molecule has 1 aliphatic heterocycles. The van der Waals surface area contributed by atoms with Gasteiger partial charge in [0.1, 0.15) is 24.4 Å². The van der Waals surface area contributed by atoms with Gasteiger partial charge in [0.05, 0.1) is 13.2 Å². The summed E-state index contributed by atoms with van der Waals surface area (Å²) in [6.45, 7) is 14.4. The third-order valence-corrected chi connectivity index (χ3v) is 8.96. The molecule has 6 nitrogen and oxygen atoms in total. The zero-order valence-electron chi connectivity index (χ0n) is 14.2. The van der Waals surface area contributed by atoms with Crippen molar-refractivity contribution in [1.29, 1.82) is 0 Å². The molecule has 0 saturated carbocycles. The maximum absolute atomic E-state index is 10.1. The Morgan fingerprint density at radius 1 is 1.14 bits per heavy atom. The summed E-state index contributed by atoms with van der Waals surface area (Å²) in [6, 6.07) is 0. The smallest absolute Gasteiger partial charge is 0.192 e. The van der Waals surface area contributed by atoms with Crippen molar-refractivity contribution in [2.24, 2.45) is 0 Å². The molecule has 130 valence electrons. The second kappa shape index (κ2) is 7.52. The molecule has 3 unspecified atom stereocenters. The van der Waals surface area contributed by atoms with Crippen LogP contribution in [-0.2, 0) is 13.9 Å². The Labute approximate surface area is 133 Å². The van der Waals surface area contributed by atoms with E-state index in [1.54, 1.807) is 0 Å². The van der Waals surface area contributed by atoms with E-state index in [1.807, 2.05) is 0 Å². The Morgan fingerprint density at radius 3 is 2.23 bits per heavy atom. The monoisotopic (exact) mass is 334 g/mol. The molecule has 5 atom stereocenters. The number of rotatable bonds is 6. The summed E-state index contributed by atoms with van der Waals surface area (Å²) in [5, 5.41) is 29.9. The first kappa shape index (κ1) is 19.8. The van der Waals surface area contributed by atoms with Crippen LogP contribution in [0.5, 0.6) is 0 Å². The predicted molar refractivity (Wildman–Crippen MR) is 86.0 cm³/mol. The highest BCUT2D eigenvalue weighted by Gasteiger charge is 2.46. The van der Waals surface area contributed by atoms with Crippen LogP contribution >= 0.6 is 0 Å². The molecule has 3 N–H and O–H groups in total. The van der Waals surface area contributed by atoms with Gasteiger partial charge >= 0.3 is 0 Å². The molecule has 22 heavy (non-hydrogen) atoms. The van der Waals surface area contributed by atoms with E-state index in [4.69, 9.17) is 13.9 Å². The number of hydrogen-bond donors (Lipinski definition) is 3. The maximum atomic E-state index is 10.1. The Bertz CT molecular complexity index is 368. The Morgan fingerprint density at radius 2 is 1.73 bits per heavy atom. The molecule has 0 aromatic heterocycles. The van der Waals surface area contributed by atoms with E-state index in [0.717, 1.165) is 0 Å². The van der Waals surface area contributed by atoms with Gasteiger partial charge in [-0.25, -0.2) is 0 Å². The minimum atomic E-state index is -2.00. The highest BCUT2D eigenvalue weighted by atomic mass is 28.4. The van der Waals surface area contributed by atoms with Crippen molar-refractivity contribution in [3.8, 4) is 0 Å². The van der Waals surface area contributed by atoms with E-state index in [1.165, 1.54) is 6.08 Å². The van der Waals surface area contributed by atoms with Gasteiger partial charge in [-0.1, -0.05) is 26.8 Å². The fourth-order valence-corrected chi connectivity index (χ4v) is 2.88. The van der Waals surface area contributed by atoms with E-state index in [0.29, 0.717) is 0 Å². The van der Waals surface area contributed by atoms with Crippen molar-refractivity contribution >= 4 is 8.32 Å². The molecule has 7 heteroatoms. The van der Waals surface area contributed by atoms with Crippen LogP contribution in [-0.4, -0.2) is 67.6 Å². The second-order valence-corrected chi connectivity index (χ2v) is 12.0. The molecule has 1 aliphatic rings. The molecule has 0 radical (unpaired) electrons. The van der Waals surface area contributed by atoms with Crippen LogP contribution in [0.15, 0.2) is 12.7 Å². The Balaban J connectivity index is 2.70. The topological polar surface area (TPSA) is 88.4 Å². The summed E-state index contributed by atoms with van der Waals surface area (Å²) < 4.78 is 16.9. The van der Waals surface area contributed by atoms with Crippen molar-refractivity contribution in [1.82, 2.24) is 0 Å². The van der Waals surface area contributed by atoms with Crippen LogP contribution < -0.4 is 0 Å². The molecule has 0 aliphatic carbocycles. The summed E-state index contributed by atoms with van der Waals surface area (Å²) in [5.74, 6) is 0. The van der Waals surface area contributed by atoms with Gasteiger partial charge in [-0.05, 0) is 18.1 Å². The van der Waals surface area contributed by atoms with Gasteiger partial charge in [0.25, 0.3) is 0 Å². The van der Waals surface area contributed by atoms with Crippen molar-refractivity contribution in [3.63, 3.8) is 0 Å². The van der Waals surface area contributed by atoms with E-state index in [2.05, 4.69) is 40.4 Å². The molecule has 0 aromatic rings. The minimum Gasteiger partial charge on any atom is -0.414 e. The summed E-state index contributed by atoms with van der Waals surface area (Å²) >= 11 is 0. The van der Waals surface area contributed by atoms with E-state index < -0.39 is 39.0 Å². The summed E-state index contributed by atoms with van der Waals surface area (Å²) in [5.41, 5.74) is 0. The van der Waals surface area contributed by atoms with Gasteiger partial charge in [0.15, 0.2) is 14.6 Å². The lowest BCUT2D eigenvalue weighted by Gasteiger charge is -2.42. The lowest BCUT2D eigenvalue weighted by atomic mass is 9.99. The third kappa shape index (κ3) is 4.61. The summed E-state index contributed by atoms with van der Waals surface area (Å²) in [6.07, 6.45) is -4.10. The van der Waals surface area contributed by atoms with Gasteiger partial charge in [-0.2, -0.15) is 0 Å². The van der Waals surface area contributed by atoms with Crippen LogP contribution in [0.2, 0.25) is 18.1 Å². The average Bonchev–Trinajstić information content (AvgIpc) is 2.42. The van der Waals surface area contributed by atoms with Gasteiger partial charge in [0, 0.05) is 0 Å². The van der Waals surface area contributed by atoms with E-state index >= 15 is 0 Å². The minimum absolute atomic E-state index is 0.0312. The lowest BCUT2D eigenvalue weighted by Crippen LogP contribution is -2.60. The summed E-state index contributed by atoms with van der Waals surface area (Å²) in [7, 11) is -2.00. The summed E-state index contributed by atoms with van der Waals surface area (Å²) in [4.78, 5) is 0. The molecule has 1 fully saturated rings. The number of hydrogen-bond acceptors (Lipinski definition) is 6. The maximum Gasteiger partial charge on any atom is 0.192 e. The highest BCUT2D eigenvalue weighted by molar-refractivity contribution is 6.74.